The zero-order chi connectivity index (χ0) is 13.5. The van der Waals surface area contributed by atoms with Gasteiger partial charge in [0.25, 0.3) is 0 Å². The van der Waals surface area contributed by atoms with Crippen molar-refractivity contribution in [1.82, 2.24) is 0 Å². The Morgan fingerprint density at radius 3 is 1.94 bits per heavy atom. The number of hydrogen-bond donors (Lipinski definition) is 0. The van der Waals surface area contributed by atoms with Crippen LogP contribution < -0.4 is 0 Å². The Hall–Kier alpha value is -0.0831. The van der Waals surface area contributed by atoms with Crippen LogP contribution in [-0.2, 0) is 4.43 Å². The zero-order valence-corrected chi connectivity index (χ0v) is 13.8. The van der Waals surface area contributed by atoms with E-state index in [-0.39, 0.29) is 0 Å². The summed E-state index contributed by atoms with van der Waals surface area (Å²) in [4.78, 5) is 0. The van der Waals surface area contributed by atoms with Crippen molar-refractivity contribution in [3.05, 3.63) is 12.7 Å². The minimum absolute atomic E-state index is 0.301. The Bertz CT molecular complexity index is 268. The Morgan fingerprint density at radius 2 is 1.65 bits per heavy atom. The molecule has 0 spiro atoms. The molecule has 17 heavy (non-hydrogen) atoms. The fourth-order valence-electron chi connectivity index (χ4n) is 3.54. The van der Waals surface area contributed by atoms with E-state index in [4.69, 9.17) is 4.43 Å². The van der Waals surface area contributed by atoms with E-state index < -0.39 is 8.32 Å². The van der Waals surface area contributed by atoms with Crippen LogP contribution in [0.2, 0.25) is 16.1 Å². The zero-order valence-electron chi connectivity index (χ0n) is 12.8. The second-order valence-corrected chi connectivity index (χ2v) is 13.0. The molecule has 0 saturated carbocycles. The van der Waals surface area contributed by atoms with Crippen LogP contribution in [0, 0.1) is 5.92 Å². The monoisotopic (exact) mass is 254 g/mol. The minimum Gasteiger partial charge on any atom is -0.412 e. The Labute approximate surface area is 109 Å². The highest BCUT2D eigenvalue weighted by Gasteiger charge is 2.60. The van der Waals surface area contributed by atoms with Crippen LogP contribution in [0.25, 0.3) is 0 Å². The van der Waals surface area contributed by atoms with Gasteiger partial charge in [0.05, 0.1) is 6.10 Å². The molecule has 1 rings (SSSR count). The van der Waals surface area contributed by atoms with Crippen molar-refractivity contribution < 1.29 is 4.43 Å². The maximum absolute atomic E-state index is 6.70. The van der Waals surface area contributed by atoms with Crippen LogP contribution in [0.4, 0.5) is 0 Å². The van der Waals surface area contributed by atoms with Crippen LogP contribution in [0.15, 0.2) is 12.7 Å². The Morgan fingerprint density at radius 1 is 1.18 bits per heavy atom. The van der Waals surface area contributed by atoms with Crippen LogP contribution in [0.1, 0.15) is 54.9 Å². The normalized spacial score (nSPS) is 29.4. The average molecular weight is 254 g/mol. The molecule has 100 valence electrons. The minimum atomic E-state index is -1.75. The van der Waals surface area contributed by atoms with Crippen molar-refractivity contribution in [2.24, 2.45) is 5.92 Å². The molecule has 2 atom stereocenters. The lowest BCUT2D eigenvalue weighted by atomic mass is 10.0. The van der Waals surface area contributed by atoms with Gasteiger partial charge in [0, 0.05) is 0 Å². The molecule has 0 amide bonds. The topological polar surface area (TPSA) is 9.23 Å². The van der Waals surface area contributed by atoms with Crippen LogP contribution in [0.3, 0.4) is 0 Å². The molecule has 1 saturated heterocycles. The smallest absolute Gasteiger partial charge is 0.204 e. The lowest BCUT2D eigenvalue weighted by molar-refractivity contribution is 0.170. The van der Waals surface area contributed by atoms with E-state index in [1.165, 1.54) is 6.04 Å². The first kappa shape index (κ1) is 15.0. The maximum Gasteiger partial charge on any atom is 0.204 e. The van der Waals surface area contributed by atoms with Gasteiger partial charge in [0.15, 0.2) is 0 Å². The molecule has 1 fully saturated rings. The molecule has 0 aromatic heterocycles. The molecule has 1 heterocycles. The van der Waals surface area contributed by atoms with E-state index >= 15 is 0 Å². The van der Waals surface area contributed by atoms with Crippen molar-refractivity contribution in [2.45, 2.75) is 77.1 Å². The summed E-state index contributed by atoms with van der Waals surface area (Å²) in [6.45, 7) is 20.4. The third-order valence-electron chi connectivity index (χ3n) is 4.42. The van der Waals surface area contributed by atoms with Gasteiger partial charge in [-0.15, -0.1) is 6.58 Å². The third-order valence-corrected chi connectivity index (χ3v) is 11.2. The van der Waals surface area contributed by atoms with Gasteiger partial charge < -0.3 is 4.43 Å². The largest absolute Gasteiger partial charge is 0.412 e. The van der Waals surface area contributed by atoms with E-state index in [1.807, 2.05) is 6.08 Å². The molecule has 0 aromatic carbocycles. The van der Waals surface area contributed by atoms with Gasteiger partial charge in [-0.05, 0) is 28.5 Å². The fourth-order valence-corrected chi connectivity index (χ4v) is 9.84. The van der Waals surface area contributed by atoms with Gasteiger partial charge in [-0.1, -0.05) is 54.5 Å². The maximum atomic E-state index is 6.70. The lowest BCUT2D eigenvalue weighted by Crippen LogP contribution is -2.52. The average Bonchev–Trinajstić information content (AvgIpc) is 2.43. The molecule has 0 aromatic rings. The molecule has 1 aliphatic heterocycles. The third kappa shape index (κ3) is 2.53. The predicted octanol–water partition coefficient (Wildman–Crippen LogP) is 5.14. The van der Waals surface area contributed by atoms with Gasteiger partial charge in [-0.2, -0.15) is 0 Å². The quantitative estimate of drug-likeness (QED) is 0.489. The number of rotatable bonds is 2. The summed E-state index contributed by atoms with van der Waals surface area (Å²) >= 11 is 0. The van der Waals surface area contributed by atoms with E-state index in [0.29, 0.717) is 22.1 Å². The lowest BCUT2D eigenvalue weighted by Gasteiger charge is -2.48. The molecule has 0 N–H and O–H groups in total. The molecule has 0 radical (unpaired) electrons. The van der Waals surface area contributed by atoms with Crippen LogP contribution in [0.5, 0.6) is 0 Å². The summed E-state index contributed by atoms with van der Waals surface area (Å²) in [5, 5.41) is 0.602. The first-order valence-electron chi connectivity index (χ1n) is 6.84. The van der Waals surface area contributed by atoms with Crippen molar-refractivity contribution in [2.75, 3.05) is 0 Å². The van der Waals surface area contributed by atoms with Crippen molar-refractivity contribution in [3.8, 4) is 0 Å². The van der Waals surface area contributed by atoms with Gasteiger partial charge in [-0.25, -0.2) is 0 Å². The van der Waals surface area contributed by atoms with Crippen molar-refractivity contribution in [3.63, 3.8) is 0 Å². The van der Waals surface area contributed by atoms with Crippen molar-refractivity contribution >= 4 is 8.32 Å². The molecule has 0 unspecified atom stereocenters. The summed E-state index contributed by atoms with van der Waals surface area (Å²) < 4.78 is 6.70. The molecule has 0 bridgehead atoms. The Balaban J connectivity index is 3.09. The Kier molecular flexibility index (Phi) is 4.00. The van der Waals surface area contributed by atoms with Crippen LogP contribution in [-0.4, -0.2) is 14.4 Å². The fraction of sp³-hybridized carbons (Fsp3) is 0.867. The molecule has 1 aliphatic rings. The van der Waals surface area contributed by atoms with E-state index in [1.54, 1.807) is 0 Å². The first-order chi connectivity index (χ1) is 7.55. The SMILES string of the molecule is C=CC[C@H]1O[Si](C(C)(C)C)(C(C)(C)C)C[C@H]1C. The first-order valence-corrected chi connectivity index (χ1v) is 8.95. The highest BCUT2D eigenvalue weighted by Crippen LogP contribution is 2.59. The molecular formula is C15H30OSi. The summed E-state index contributed by atoms with van der Waals surface area (Å²) in [5.41, 5.74) is 0. The van der Waals surface area contributed by atoms with E-state index in [0.717, 1.165) is 6.42 Å². The summed E-state index contributed by atoms with van der Waals surface area (Å²) in [7, 11) is -1.75. The van der Waals surface area contributed by atoms with Crippen molar-refractivity contribution in [1.29, 1.82) is 0 Å². The predicted molar refractivity (Wildman–Crippen MR) is 78.8 cm³/mol. The number of hydrogen-bond acceptors (Lipinski definition) is 1. The second-order valence-electron chi connectivity index (χ2n) is 7.69. The molecule has 2 heteroatoms. The highest BCUT2D eigenvalue weighted by molar-refractivity contribution is 6.80. The van der Waals surface area contributed by atoms with Gasteiger partial charge in [0.1, 0.15) is 0 Å². The molecule has 1 nitrogen and oxygen atoms in total. The van der Waals surface area contributed by atoms with Gasteiger partial charge in [-0.3, -0.25) is 0 Å². The van der Waals surface area contributed by atoms with Gasteiger partial charge >= 0.3 is 0 Å². The summed E-state index contributed by atoms with van der Waals surface area (Å²) in [6, 6.07) is 1.29. The highest BCUT2D eigenvalue weighted by atomic mass is 28.4. The standard InChI is InChI=1S/C15H30OSi/c1-9-10-13-12(2)11-17(16-13,14(3,4)5)15(6,7)8/h9,12-13H,1,10-11H2,2-8H3/t12-,13-/m1/s1. The van der Waals surface area contributed by atoms with Gasteiger partial charge in [0.2, 0.25) is 8.32 Å². The second kappa shape index (κ2) is 4.54. The van der Waals surface area contributed by atoms with E-state index in [9.17, 15) is 0 Å². The molecule has 0 aliphatic carbocycles. The van der Waals surface area contributed by atoms with Crippen LogP contribution >= 0.6 is 0 Å². The summed E-state index contributed by atoms with van der Waals surface area (Å²) in [6.07, 6.45) is 3.41. The molecular weight excluding hydrogens is 224 g/mol. The summed E-state index contributed by atoms with van der Waals surface area (Å²) in [5.74, 6) is 0.679. The van der Waals surface area contributed by atoms with E-state index in [2.05, 4.69) is 55.0 Å².